The molecule has 0 radical (unpaired) electrons. The summed E-state index contributed by atoms with van der Waals surface area (Å²) < 4.78 is 1.69. The number of benzene rings is 2. The third kappa shape index (κ3) is 9.24. The van der Waals surface area contributed by atoms with E-state index < -0.39 is 18.2 Å². The second kappa shape index (κ2) is 17.5. The third-order valence-corrected chi connectivity index (χ3v) is 14.2. The number of carbonyl (C=O) groups is 3. The van der Waals surface area contributed by atoms with Gasteiger partial charge in [0.1, 0.15) is 17.9 Å². The summed E-state index contributed by atoms with van der Waals surface area (Å²) in [4.78, 5) is 55.3. The number of aryl methyl sites for hydroxylation is 1. The number of rotatable bonds is 13. The van der Waals surface area contributed by atoms with E-state index in [2.05, 4.69) is 64.7 Å². The van der Waals surface area contributed by atoms with Crippen LogP contribution in [0.5, 0.6) is 0 Å². The van der Waals surface area contributed by atoms with Gasteiger partial charge in [-0.15, -0.1) is 11.3 Å². The van der Waals surface area contributed by atoms with E-state index in [1.165, 1.54) is 4.90 Å². The highest BCUT2D eigenvalue weighted by Gasteiger charge is 2.53. The van der Waals surface area contributed by atoms with Crippen LogP contribution in [0.25, 0.3) is 21.6 Å². The maximum Gasteiger partial charge on any atom is 0.251 e. The Kier molecular flexibility index (Phi) is 12.2. The Bertz CT molecular complexity index is 2430. The minimum atomic E-state index is -0.811. The van der Waals surface area contributed by atoms with Gasteiger partial charge in [0, 0.05) is 67.3 Å². The molecule has 14 heteroatoms. The molecule has 3 aromatic heterocycles. The van der Waals surface area contributed by atoms with Gasteiger partial charge in [0.05, 0.1) is 34.4 Å². The van der Waals surface area contributed by atoms with Crippen molar-refractivity contribution in [2.75, 3.05) is 29.9 Å². The molecule has 5 aromatic rings. The molecule has 5 heterocycles. The van der Waals surface area contributed by atoms with Gasteiger partial charge in [0.25, 0.3) is 5.91 Å². The molecule has 3 fully saturated rings. The van der Waals surface area contributed by atoms with E-state index in [0.717, 1.165) is 70.3 Å². The van der Waals surface area contributed by atoms with E-state index in [9.17, 15) is 19.5 Å². The second-order valence-electron chi connectivity index (χ2n) is 19.5. The van der Waals surface area contributed by atoms with Crippen molar-refractivity contribution in [1.29, 1.82) is 0 Å². The Morgan fingerprint density at radius 2 is 1.63 bits per heavy atom. The highest BCUT2D eigenvalue weighted by atomic mass is 32.1. The summed E-state index contributed by atoms with van der Waals surface area (Å²) in [6.07, 6.45) is 6.82. The minimum Gasteiger partial charge on any atom is -0.391 e. The predicted molar refractivity (Wildman–Crippen MR) is 248 cm³/mol. The number of amides is 3. The summed E-state index contributed by atoms with van der Waals surface area (Å²) in [5.74, 6) is 0.133. The molecule has 63 heavy (non-hydrogen) atoms. The fourth-order valence-corrected chi connectivity index (χ4v) is 11.2. The SMILES string of the molecule is Cc1ncsc1-c1ccc([C@H](C)NC(=O)[C@@H]2C[C@@H](O)CN2C(=O)C(C(C)C)n2cc(-c3ccnc(N4CC[C@@H](Nc5ccc(C(=O)NC6C(C)(C)CC6(C)C)cc5)C4)c3)cn2)cc1. The van der Waals surface area contributed by atoms with E-state index >= 15 is 0 Å². The van der Waals surface area contributed by atoms with E-state index in [0.29, 0.717) is 5.56 Å². The number of nitrogens with zero attached hydrogens (tertiary/aromatic N) is 6. The van der Waals surface area contributed by atoms with Crippen molar-refractivity contribution in [3.05, 3.63) is 102 Å². The summed E-state index contributed by atoms with van der Waals surface area (Å²) in [6.45, 7) is 18.4. The fraction of sp³-hybridized carbons (Fsp3) is 0.469. The average molecular weight is 872 g/mol. The molecule has 8 rings (SSSR count). The Balaban J connectivity index is 0.883. The van der Waals surface area contributed by atoms with Crippen molar-refractivity contribution < 1.29 is 19.5 Å². The lowest BCUT2D eigenvalue weighted by Gasteiger charge is -2.57. The lowest BCUT2D eigenvalue weighted by atomic mass is 9.52. The Morgan fingerprint density at radius 3 is 2.30 bits per heavy atom. The lowest BCUT2D eigenvalue weighted by Crippen LogP contribution is -2.63. The topological polar surface area (TPSA) is 158 Å². The van der Waals surface area contributed by atoms with Crippen molar-refractivity contribution in [1.82, 2.24) is 35.3 Å². The van der Waals surface area contributed by atoms with Crippen molar-refractivity contribution in [3.8, 4) is 21.6 Å². The first-order chi connectivity index (χ1) is 30.0. The van der Waals surface area contributed by atoms with Gasteiger partial charge in [-0.3, -0.25) is 19.1 Å². The molecule has 0 bridgehead atoms. The van der Waals surface area contributed by atoms with Gasteiger partial charge in [-0.2, -0.15) is 5.10 Å². The van der Waals surface area contributed by atoms with E-state index in [4.69, 9.17) is 4.98 Å². The zero-order valence-corrected chi connectivity index (χ0v) is 38.4. The third-order valence-electron chi connectivity index (χ3n) is 13.3. The number of aliphatic hydroxyl groups is 1. The molecule has 332 valence electrons. The minimum absolute atomic E-state index is 0.0334. The van der Waals surface area contributed by atoms with E-state index in [-0.39, 0.29) is 65.6 Å². The fourth-order valence-electron chi connectivity index (χ4n) is 10.4. The highest BCUT2D eigenvalue weighted by molar-refractivity contribution is 7.13. The normalized spacial score (nSPS) is 21.5. The van der Waals surface area contributed by atoms with Crippen LogP contribution in [0.1, 0.15) is 101 Å². The molecule has 2 aromatic carbocycles. The molecule has 3 amide bonds. The predicted octanol–water partition coefficient (Wildman–Crippen LogP) is 7.66. The largest absolute Gasteiger partial charge is 0.391 e. The van der Waals surface area contributed by atoms with Crippen LogP contribution in [0.15, 0.2) is 84.8 Å². The van der Waals surface area contributed by atoms with Crippen molar-refractivity contribution in [3.63, 3.8) is 0 Å². The molecule has 0 spiro atoms. The molecule has 2 saturated heterocycles. The average Bonchev–Trinajstić information content (AvgIpc) is 4.08. The number of nitrogens with one attached hydrogen (secondary N) is 3. The van der Waals surface area contributed by atoms with Gasteiger partial charge in [-0.05, 0) is 96.5 Å². The zero-order valence-electron chi connectivity index (χ0n) is 37.6. The molecule has 1 saturated carbocycles. The summed E-state index contributed by atoms with van der Waals surface area (Å²) >= 11 is 1.60. The summed E-state index contributed by atoms with van der Waals surface area (Å²) in [6, 6.07) is 18.4. The Morgan fingerprint density at radius 1 is 0.905 bits per heavy atom. The maximum atomic E-state index is 14.4. The second-order valence-corrected chi connectivity index (χ2v) is 20.4. The summed E-state index contributed by atoms with van der Waals surface area (Å²) in [5.41, 5.74) is 8.43. The van der Waals surface area contributed by atoms with Gasteiger partial charge >= 0.3 is 0 Å². The first-order valence-electron chi connectivity index (χ1n) is 22.2. The summed E-state index contributed by atoms with van der Waals surface area (Å²) in [7, 11) is 0. The monoisotopic (exact) mass is 871 g/mol. The van der Waals surface area contributed by atoms with Crippen LogP contribution in [0, 0.1) is 23.7 Å². The van der Waals surface area contributed by atoms with E-state index in [1.54, 1.807) is 28.4 Å². The molecule has 13 nitrogen and oxygen atoms in total. The van der Waals surface area contributed by atoms with Crippen LogP contribution in [0.2, 0.25) is 0 Å². The number of thiazole rings is 1. The molecule has 1 unspecified atom stereocenters. The molecular weight excluding hydrogens is 811 g/mol. The number of anilines is 2. The number of aromatic nitrogens is 4. The first-order valence-corrected chi connectivity index (χ1v) is 23.1. The number of aliphatic hydroxyl groups excluding tert-OH is 1. The van der Waals surface area contributed by atoms with Crippen molar-refractivity contribution in [2.24, 2.45) is 16.7 Å². The Hall–Kier alpha value is -5.60. The smallest absolute Gasteiger partial charge is 0.251 e. The van der Waals surface area contributed by atoms with Gasteiger partial charge in [0.2, 0.25) is 11.8 Å². The molecule has 1 aliphatic carbocycles. The molecule has 5 atom stereocenters. The Labute approximate surface area is 374 Å². The van der Waals surface area contributed by atoms with Crippen LogP contribution in [0.4, 0.5) is 11.5 Å². The van der Waals surface area contributed by atoms with Crippen molar-refractivity contribution in [2.45, 2.75) is 111 Å². The van der Waals surface area contributed by atoms with Gasteiger partial charge in [0.15, 0.2) is 0 Å². The van der Waals surface area contributed by atoms with Crippen molar-refractivity contribution >= 4 is 40.6 Å². The lowest BCUT2D eigenvalue weighted by molar-refractivity contribution is -0.142. The number of hydrogen-bond donors (Lipinski definition) is 4. The number of likely N-dealkylation sites (tertiary alicyclic amines) is 1. The van der Waals surface area contributed by atoms with Gasteiger partial charge in [-0.25, -0.2) is 9.97 Å². The maximum absolute atomic E-state index is 14.4. The van der Waals surface area contributed by atoms with Crippen LogP contribution in [-0.2, 0) is 9.59 Å². The molecule has 4 N–H and O–H groups in total. The molecule has 2 aliphatic heterocycles. The van der Waals surface area contributed by atoms with Gasteiger partial charge < -0.3 is 30.9 Å². The van der Waals surface area contributed by atoms with Crippen LogP contribution in [-0.4, -0.2) is 91.3 Å². The summed E-state index contributed by atoms with van der Waals surface area (Å²) in [5, 5.41) is 25.5. The van der Waals surface area contributed by atoms with E-state index in [1.807, 2.05) is 94.0 Å². The van der Waals surface area contributed by atoms with Crippen LogP contribution in [0.3, 0.4) is 0 Å². The number of carbonyl (C=O) groups excluding carboxylic acids is 3. The molecular formula is C49H61N9O4S. The first kappa shape index (κ1) is 44.0. The van der Waals surface area contributed by atoms with Gasteiger partial charge in [-0.1, -0.05) is 65.8 Å². The standard InChI is InChI=1S/C49H61N9O4S/c1-29(2)42(46(62)57-26-39(59)22-40(57)45(61)53-30(3)32-9-11-33(12-10-32)43-31(4)51-28-63-43)58-24-36(23-52-58)35-17-19-50-41(21-35)56-20-18-38(25-56)54-37-15-13-34(14-16-37)44(60)55-47-48(5,6)27-49(47,7)8/h9-17,19,21,23-24,28-30,38-40,42,47,54,59H,18,20,22,25-27H2,1-8H3,(H,53,61)(H,55,60)/t30-,38+,39+,40-,42?/m0/s1. The number of hydrogen-bond acceptors (Lipinski definition) is 10. The molecule has 3 aliphatic rings. The van der Waals surface area contributed by atoms with Crippen LogP contribution < -0.4 is 20.9 Å². The number of pyridine rings is 1. The zero-order chi connectivity index (χ0) is 44.8. The quantitative estimate of drug-likeness (QED) is 0.0933. The number of β-amino-alcohol motifs (C(OH)–C–C–N with tert-alkyl or cyclic N) is 1. The highest BCUT2D eigenvalue weighted by Crippen LogP contribution is 2.53. The van der Waals surface area contributed by atoms with Crippen LogP contribution >= 0.6 is 11.3 Å².